The predicted molar refractivity (Wildman–Crippen MR) is 81.2 cm³/mol. The molecule has 0 amide bonds. The summed E-state index contributed by atoms with van der Waals surface area (Å²) in [5.74, 6) is 0.983. The zero-order valence-electron chi connectivity index (χ0n) is 12.3. The first-order valence-corrected chi connectivity index (χ1v) is 8.35. The molecule has 2 rings (SSSR count). The zero-order chi connectivity index (χ0) is 15.6. The highest BCUT2D eigenvalue weighted by Crippen LogP contribution is 2.26. The molecule has 0 spiro atoms. The number of rotatable bonds is 4. The molecule has 0 radical (unpaired) electrons. The van der Waals surface area contributed by atoms with Crippen LogP contribution >= 0.6 is 0 Å². The second-order valence-electron chi connectivity index (χ2n) is 4.91. The zero-order valence-corrected chi connectivity index (χ0v) is 13.1. The standard InChI is InChI=1S/C15H18N2O3S/c1-10-8-11(2)17-15(14(10)9-16)20-12-4-6-13(7-5-12)21(3,18)19/h4-8H,9,16H2,1-3H3. The van der Waals surface area contributed by atoms with Gasteiger partial charge in [-0.15, -0.1) is 0 Å². The summed E-state index contributed by atoms with van der Waals surface area (Å²) < 4.78 is 28.6. The van der Waals surface area contributed by atoms with Crippen LogP contribution in [0.2, 0.25) is 0 Å². The number of aryl methyl sites for hydroxylation is 2. The SMILES string of the molecule is Cc1cc(C)c(CN)c(Oc2ccc(S(C)(=O)=O)cc2)n1. The van der Waals surface area contributed by atoms with Crippen molar-refractivity contribution in [2.24, 2.45) is 5.73 Å². The van der Waals surface area contributed by atoms with E-state index in [4.69, 9.17) is 10.5 Å². The van der Waals surface area contributed by atoms with Crippen LogP contribution in [-0.4, -0.2) is 19.7 Å². The molecule has 0 fully saturated rings. The average molecular weight is 306 g/mol. The Morgan fingerprint density at radius 2 is 1.81 bits per heavy atom. The molecule has 1 aromatic carbocycles. The van der Waals surface area contributed by atoms with E-state index in [1.807, 2.05) is 19.9 Å². The highest BCUT2D eigenvalue weighted by Gasteiger charge is 2.11. The van der Waals surface area contributed by atoms with Crippen LogP contribution in [-0.2, 0) is 16.4 Å². The first kappa shape index (κ1) is 15.5. The van der Waals surface area contributed by atoms with Crippen molar-refractivity contribution in [3.8, 4) is 11.6 Å². The molecule has 5 nitrogen and oxygen atoms in total. The van der Waals surface area contributed by atoms with Gasteiger partial charge in [0.15, 0.2) is 9.84 Å². The second kappa shape index (κ2) is 5.83. The van der Waals surface area contributed by atoms with Crippen molar-refractivity contribution in [1.29, 1.82) is 0 Å². The minimum absolute atomic E-state index is 0.252. The van der Waals surface area contributed by atoms with Crippen LogP contribution in [0.5, 0.6) is 11.6 Å². The summed E-state index contributed by atoms with van der Waals surface area (Å²) in [6.07, 6.45) is 1.17. The summed E-state index contributed by atoms with van der Waals surface area (Å²) in [6, 6.07) is 8.18. The Labute approximate surface area is 124 Å². The van der Waals surface area contributed by atoms with Crippen LogP contribution in [0.4, 0.5) is 0 Å². The first-order valence-electron chi connectivity index (χ1n) is 6.46. The van der Waals surface area contributed by atoms with Gasteiger partial charge in [0.05, 0.1) is 4.90 Å². The van der Waals surface area contributed by atoms with Crippen molar-refractivity contribution in [3.63, 3.8) is 0 Å². The molecule has 0 atom stereocenters. The number of sulfone groups is 1. The number of pyridine rings is 1. The molecule has 112 valence electrons. The van der Waals surface area contributed by atoms with Crippen LogP contribution in [0.1, 0.15) is 16.8 Å². The fourth-order valence-electron chi connectivity index (χ4n) is 2.03. The first-order chi connectivity index (χ1) is 9.81. The summed E-state index contributed by atoms with van der Waals surface area (Å²) in [6.45, 7) is 4.17. The van der Waals surface area contributed by atoms with Gasteiger partial charge >= 0.3 is 0 Å². The van der Waals surface area contributed by atoms with E-state index in [9.17, 15) is 8.42 Å². The van der Waals surface area contributed by atoms with Gasteiger partial charge in [-0.3, -0.25) is 0 Å². The predicted octanol–water partition coefficient (Wildman–Crippen LogP) is 2.35. The number of nitrogens with zero attached hydrogens (tertiary/aromatic N) is 1. The van der Waals surface area contributed by atoms with Gasteiger partial charge in [-0.05, 0) is 49.7 Å². The third-order valence-electron chi connectivity index (χ3n) is 3.11. The minimum atomic E-state index is -3.21. The molecule has 0 saturated carbocycles. The maximum Gasteiger partial charge on any atom is 0.224 e. The fourth-order valence-corrected chi connectivity index (χ4v) is 2.66. The quantitative estimate of drug-likeness (QED) is 0.937. The van der Waals surface area contributed by atoms with Crippen molar-refractivity contribution in [1.82, 2.24) is 4.98 Å². The van der Waals surface area contributed by atoms with E-state index in [0.717, 1.165) is 16.8 Å². The average Bonchev–Trinajstić information content (AvgIpc) is 2.38. The Bertz CT molecular complexity index is 753. The molecule has 2 N–H and O–H groups in total. The maximum absolute atomic E-state index is 11.4. The van der Waals surface area contributed by atoms with E-state index in [0.29, 0.717) is 18.2 Å². The van der Waals surface area contributed by atoms with E-state index in [-0.39, 0.29) is 4.90 Å². The minimum Gasteiger partial charge on any atom is -0.439 e. The summed E-state index contributed by atoms with van der Waals surface area (Å²) in [7, 11) is -3.21. The van der Waals surface area contributed by atoms with Crippen molar-refractivity contribution >= 4 is 9.84 Å². The number of nitrogens with two attached hydrogens (primary N) is 1. The molecule has 1 aromatic heterocycles. The molecule has 0 bridgehead atoms. The lowest BCUT2D eigenvalue weighted by atomic mass is 10.1. The highest BCUT2D eigenvalue weighted by atomic mass is 32.2. The van der Waals surface area contributed by atoms with Gasteiger partial charge in [0, 0.05) is 24.1 Å². The van der Waals surface area contributed by atoms with Gasteiger partial charge in [-0.1, -0.05) is 0 Å². The third-order valence-corrected chi connectivity index (χ3v) is 4.24. The van der Waals surface area contributed by atoms with Crippen LogP contribution < -0.4 is 10.5 Å². The molecule has 2 aromatic rings. The Morgan fingerprint density at radius 3 is 2.33 bits per heavy atom. The van der Waals surface area contributed by atoms with Crippen molar-refractivity contribution < 1.29 is 13.2 Å². The monoisotopic (exact) mass is 306 g/mol. The second-order valence-corrected chi connectivity index (χ2v) is 6.93. The van der Waals surface area contributed by atoms with Crippen LogP contribution in [0.15, 0.2) is 35.2 Å². The van der Waals surface area contributed by atoms with Gasteiger partial charge in [0.2, 0.25) is 5.88 Å². The molecule has 1 heterocycles. The molecule has 6 heteroatoms. The molecular weight excluding hydrogens is 288 g/mol. The van der Waals surface area contributed by atoms with Gasteiger partial charge in [-0.2, -0.15) is 0 Å². The number of hydrogen-bond acceptors (Lipinski definition) is 5. The van der Waals surface area contributed by atoms with Gasteiger partial charge < -0.3 is 10.5 Å². The van der Waals surface area contributed by atoms with Crippen LogP contribution in [0, 0.1) is 13.8 Å². The Hall–Kier alpha value is -1.92. The van der Waals surface area contributed by atoms with Crippen molar-refractivity contribution in [2.75, 3.05) is 6.26 Å². The van der Waals surface area contributed by atoms with E-state index in [1.54, 1.807) is 12.1 Å². The van der Waals surface area contributed by atoms with Crippen molar-refractivity contribution in [2.45, 2.75) is 25.3 Å². The maximum atomic E-state index is 11.4. The molecule has 0 aliphatic rings. The molecule has 0 unspecified atom stereocenters. The Morgan fingerprint density at radius 1 is 1.19 bits per heavy atom. The van der Waals surface area contributed by atoms with E-state index in [2.05, 4.69) is 4.98 Å². The van der Waals surface area contributed by atoms with E-state index < -0.39 is 9.84 Å². The number of hydrogen-bond donors (Lipinski definition) is 1. The molecule has 0 aliphatic heterocycles. The molecule has 0 saturated heterocycles. The van der Waals surface area contributed by atoms with Crippen LogP contribution in [0.3, 0.4) is 0 Å². The Balaban J connectivity index is 2.34. The lowest BCUT2D eigenvalue weighted by Crippen LogP contribution is -2.05. The summed E-state index contributed by atoms with van der Waals surface area (Å²) in [5.41, 5.74) is 8.44. The Kier molecular flexibility index (Phi) is 4.29. The summed E-state index contributed by atoms with van der Waals surface area (Å²) in [4.78, 5) is 4.60. The van der Waals surface area contributed by atoms with Crippen molar-refractivity contribution in [3.05, 3.63) is 47.2 Å². The fraction of sp³-hybridized carbons (Fsp3) is 0.267. The molecule has 21 heavy (non-hydrogen) atoms. The number of ether oxygens (including phenoxy) is 1. The van der Waals surface area contributed by atoms with E-state index in [1.165, 1.54) is 18.4 Å². The summed E-state index contributed by atoms with van der Waals surface area (Å²) >= 11 is 0. The smallest absolute Gasteiger partial charge is 0.224 e. The topological polar surface area (TPSA) is 82.3 Å². The number of aromatic nitrogens is 1. The largest absolute Gasteiger partial charge is 0.439 e. The van der Waals surface area contributed by atoms with E-state index >= 15 is 0 Å². The van der Waals surface area contributed by atoms with Gasteiger partial charge in [0.25, 0.3) is 0 Å². The highest BCUT2D eigenvalue weighted by molar-refractivity contribution is 7.90. The lowest BCUT2D eigenvalue weighted by Gasteiger charge is -2.12. The third kappa shape index (κ3) is 3.59. The molecular formula is C15H18N2O3S. The number of benzene rings is 1. The van der Waals surface area contributed by atoms with Gasteiger partial charge in [-0.25, -0.2) is 13.4 Å². The lowest BCUT2D eigenvalue weighted by molar-refractivity contribution is 0.454. The normalized spacial score (nSPS) is 11.4. The van der Waals surface area contributed by atoms with Crippen LogP contribution in [0.25, 0.3) is 0 Å². The van der Waals surface area contributed by atoms with Gasteiger partial charge in [0.1, 0.15) is 5.75 Å². The summed E-state index contributed by atoms with van der Waals surface area (Å²) in [5, 5.41) is 0. The molecule has 0 aliphatic carbocycles.